The summed E-state index contributed by atoms with van der Waals surface area (Å²) in [5.41, 5.74) is -0.734. The Morgan fingerprint density at radius 1 is 1.27 bits per heavy atom. The molecule has 11 heavy (non-hydrogen) atoms. The molecular weight excluding hydrogens is 177 g/mol. The predicted octanol–water partition coefficient (Wildman–Crippen LogP) is 3.16. The summed E-state index contributed by atoms with van der Waals surface area (Å²) in [6.07, 6.45) is -4.30. The maximum absolute atomic E-state index is 11.9. The van der Waals surface area contributed by atoms with Crippen LogP contribution in [-0.4, -0.2) is 0 Å². The summed E-state index contributed by atoms with van der Waals surface area (Å²) in [6.45, 7) is 0. The lowest BCUT2D eigenvalue weighted by Gasteiger charge is -2.04. The molecule has 1 aromatic carbocycles. The van der Waals surface area contributed by atoms with Gasteiger partial charge in [-0.3, -0.25) is 0 Å². The summed E-state index contributed by atoms with van der Waals surface area (Å²) in [7, 11) is 0. The third-order valence-corrected chi connectivity index (χ3v) is 1.34. The SMILES string of the molecule is FC(F)(F)c1c[c]c(Cl)cc1. The summed E-state index contributed by atoms with van der Waals surface area (Å²) in [5.74, 6) is 0. The van der Waals surface area contributed by atoms with E-state index in [4.69, 9.17) is 11.6 Å². The molecule has 0 aromatic heterocycles. The van der Waals surface area contributed by atoms with E-state index >= 15 is 0 Å². The smallest absolute Gasteiger partial charge is 0.166 e. The quantitative estimate of drug-likeness (QED) is 0.574. The summed E-state index contributed by atoms with van der Waals surface area (Å²) in [5, 5.41) is 0.179. The molecule has 1 aromatic rings. The molecule has 0 saturated carbocycles. The molecule has 0 fully saturated rings. The van der Waals surface area contributed by atoms with Crippen molar-refractivity contribution >= 4 is 11.6 Å². The van der Waals surface area contributed by atoms with Crippen molar-refractivity contribution in [2.45, 2.75) is 6.18 Å². The molecule has 59 valence electrons. The third kappa shape index (κ3) is 2.12. The van der Waals surface area contributed by atoms with Gasteiger partial charge in [-0.05, 0) is 18.2 Å². The van der Waals surface area contributed by atoms with Crippen LogP contribution < -0.4 is 0 Å². The molecule has 0 N–H and O–H groups in total. The molecule has 0 amide bonds. The first-order valence-electron chi connectivity index (χ1n) is 2.74. The van der Waals surface area contributed by atoms with Gasteiger partial charge in [0.2, 0.25) is 0 Å². The van der Waals surface area contributed by atoms with Gasteiger partial charge in [0.15, 0.2) is 0 Å². The van der Waals surface area contributed by atoms with Crippen molar-refractivity contribution in [1.29, 1.82) is 0 Å². The van der Waals surface area contributed by atoms with Gasteiger partial charge in [0, 0.05) is 11.1 Å². The number of hydrogen-bond acceptors (Lipinski definition) is 0. The first-order chi connectivity index (χ1) is 5.00. The predicted molar refractivity (Wildman–Crippen MR) is 35.3 cm³/mol. The Kier molecular flexibility index (Phi) is 2.09. The molecule has 0 aliphatic rings. The number of hydrogen-bond donors (Lipinski definition) is 0. The Hall–Kier alpha value is -0.700. The highest BCUT2D eigenvalue weighted by molar-refractivity contribution is 6.30. The van der Waals surface area contributed by atoms with Crippen LogP contribution in [-0.2, 0) is 6.18 Å². The van der Waals surface area contributed by atoms with Gasteiger partial charge in [-0.25, -0.2) is 0 Å². The van der Waals surface area contributed by atoms with Crippen LogP contribution in [0.1, 0.15) is 5.56 Å². The maximum atomic E-state index is 11.9. The minimum Gasteiger partial charge on any atom is -0.166 e. The van der Waals surface area contributed by atoms with E-state index in [-0.39, 0.29) is 5.02 Å². The molecule has 0 nitrogen and oxygen atoms in total. The van der Waals surface area contributed by atoms with E-state index in [0.717, 1.165) is 18.2 Å². The van der Waals surface area contributed by atoms with Crippen LogP contribution in [0.3, 0.4) is 0 Å². The van der Waals surface area contributed by atoms with Crippen molar-refractivity contribution in [1.82, 2.24) is 0 Å². The van der Waals surface area contributed by atoms with Crippen molar-refractivity contribution < 1.29 is 13.2 Å². The molecule has 0 atom stereocenters. The van der Waals surface area contributed by atoms with Crippen LogP contribution in [0.2, 0.25) is 5.02 Å². The molecule has 0 unspecified atom stereocenters. The second kappa shape index (κ2) is 2.74. The van der Waals surface area contributed by atoms with Gasteiger partial charge in [0.05, 0.1) is 5.56 Å². The topological polar surface area (TPSA) is 0 Å². The second-order valence-corrected chi connectivity index (χ2v) is 2.33. The van der Waals surface area contributed by atoms with Gasteiger partial charge in [-0.15, -0.1) is 0 Å². The lowest BCUT2D eigenvalue weighted by molar-refractivity contribution is -0.137. The van der Waals surface area contributed by atoms with Gasteiger partial charge in [-0.1, -0.05) is 11.6 Å². The molecule has 4 heteroatoms. The van der Waals surface area contributed by atoms with Crippen molar-refractivity contribution in [2.24, 2.45) is 0 Å². The van der Waals surface area contributed by atoms with Crippen molar-refractivity contribution in [2.75, 3.05) is 0 Å². The van der Waals surface area contributed by atoms with Gasteiger partial charge in [-0.2, -0.15) is 13.2 Å². The summed E-state index contributed by atoms with van der Waals surface area (Å²) in [6, 6.07) is 5.15. The molecule has 1 rings (SSSR count). The zero-order valence-electron chi connectivity index (χ0n) is 5.24. The van der Waals surface area contributed by atoms with Crippen LogP contribution in [0.5, 0.6) is 0 Å². The van der Waals surface area contributed by atoms with E-state index in [9.17, 15) is 13.2 Å². The Bertz CT molecular complexity index is 237. The van der Waals surface area contributed by atoms with Gasteiger partial charge >= 0.3 is 6.18 Å². The highest BCUT2D eigenvalue weighted by atomic mass is 35.5. The van der Waals surface area contributed by atoms with Crippen LogP contribution in [0.4, 0.5) is 13.2 Å². The fourth-order valence-corrected chi connectivity index (χ4v) is 0.700. The number of halogens is 4. The standard InChI is InChI=1S/C7H3ClF3/c8-6-3-1-5(2-4-6)7(9,10)11/h1-3H. The highest BCUT2D eigenvalue weighted by Crippen LogP contribution is 2.29. The van der Waals surface area contributed by atoms with Crippen molar-refractivity contribution in [3.05, 3.63) is 34.9 Å². The third-order valence-electron chi connectivity index (χ3n) is 1.10. The molecule has 0 aliphatic carbocycles. The van der Waals surface area contributed by atoms with Gasteiger partial charge in [0.1, 0.15) is 0 Å². The monoisotopic (exact) mass is 179 g/mol. The second-order valence-electron chi connectivity index (χ2n) is 1.92. The van der Waals surface area contributed by atoms with Crippen LogP contribution >= 0.6 is 11.6 Å². The summed E-state index contributed by atoms with van der Waals surface area (Å²) < 4.78 is 35.6. The Labute approximate surface area is 66.6 Å². The highest BCUT2D eigenvalue weighted by Gasteiger charge is 2.29. The maximum Gasteiger partial charge on any atom is 0.416 e. The molecular formula is C7H3ClF3. The molecule has 0 aliphatic heterocycles. The van der Waals surface area contributed by atoms with Crippen LogP contribution in [0.25, 0.3) is 0 Å². The van der Waals surface area contributed by atoms with Crippen LogP contribution in [0.15, 0.2) is 18.2 Å². The average molecular weight is 180 g/mol. The van der Waals surface area contributed by atoms with E-state index in [1.807, 2.05) is 0 Å². The fraction of sp³-hybridized carbons (Fsp3) is 0.143. The normalized spacial score (nSPS) is 11.6. The minimum atomic E-state index is -4.30. The zero-order chi connectivity index (χ0) is 8.48. The average Bonchev–Trinajstić information content (AvgIpc) is 1.86. The van der Waals surface area contributed by atoms with E-state index in [2.05, 4.69) is 6.07 Å². The Morgan fingerprint density at radius 3 is 2.27 bits per heavy atom. The fourth-order valence-electron chi connectivity index (χ4n) is 0.582. The van der Waals surface area contributed by atoms with E-state index in [1.165, 1.54) is 0 Å². The van der Waals surface area contributed by atoms with E-state index in [0.29, 0.717) is 0 Å². The first-order valence-corrected chi connectivity index (χ1v) is 3.12. The van der Waals surface area contributed by atoms with Gasteiger partial charge < -0.3 is 0 Å². The Balaban J connectivity index is 2.99. The van der Waals surface area contributed by atoms with E-state index in [1.54, 1.807) is 0 Å². The van der Waals surface area contributed by atoms with Crippen LogP contribution in [0, 0.1) is 6.07 Å². The first kappa shape index (κ1) is 8.40. The molecule has 0 heterocycles. The molecule has 0 bridgehead atoms. The number of alkyl halides is 3. The van der Waals surface area contributed by atoms with E-state index < -0.39 is 11.7 Å². The zero-order valence-corrected chi connectivity index (χ0v) is 6.00. The lowest BCUT2D eigenvalue weighted by Crippen LogP contribution is -2.03. The molecule has 1 radical (unpaired) electrons. The largest absolute Gasteiger partial charge is 0.416 e. The molecule has 0 saturated heterocycles. The number of benzene rings is 1. The lowest BCUT2D eigenvalue weighted by atomic mass is 10.2. The summed E-state index contributed by atoms with van der Waals surface area (Å²) in [4.78, 5) is 0. The van der Waals surface area contributed by atoms with Gasteiger partial charge in [0.25, 0.3) is 0 Å². The Morgan fingerprint density at radius 2 is 1.91 bits per heavy atom. The number of rotatable bonds is 0. The van der Waals surface area contributed by atoms with Crippen molar-refractivity contribution in [3.8, 4) is 0 Å². The molecule has 0 spiro atoms. The van der Waals surface area contributed by atoms with Crippen molar-refractivity contribution in [3.63, 3.8) is 0 Å². The summed E-state index contributed by atoms with van der Waals surface area (Å²) >= 11 is 5.34. The minimum absolute atomic E-state index is 0.179.